The highest BCUT2D eigenvalue weighted by Crippen LogP contribution is 2.46. The summed E-state index contributed by atoms with van der Waals surface area (Å²) in [5.74, 6) is 1.96. The zero-order chi connectivity index (χ0) is 14.2. The van der Waals surface area contributed by atoms with Crippen molar-refractivity contribution in [1.29, 1.82) is 0 Å². The van der Waals surface area contributed by atoms with Gasteiger partial charge >= 0.3 is 0 Å². The lowest BCUT2D eigenvalue weighted by Gasteiger charge is -2.36. The molecule has 0 spiro atoms. The van der Waals surface area contributed by atoms with Crippen LogP contribution in [0.25, 0.3) is 0 Å². The molecule has 1 aromatic heterocycles. The summed E-state index contributed by atoms with van der Waals surface area (Å²) in [6.07, 6.45) is 10.6. The number of nitrogens with zero attached hydrogens (tertiary/aromatic N) is 2. The first-order valence-corrected chi connectivity index (χ1v) is 8.14. The molecule has 0 aliphatic heterocycles. The van der Waals surface area contributed by atoms with Crippen molar-refractivity contribution in [3.05, 3.63) is 11.7 Å². The van der Waals surface area contributed by atoms with Crippen LogP contribution in [-0.4, -0.2) is 10.1 Å². The molecule has 20 heavy (non-hydrogen) atoms. The lowest BCUT2D eigenvalue weighted by molar-refractivity contribution is 0.163. The van der Waals surface area contributed by atoms with Crippen LogP contribution in [0.2, 0.25) is 0 Å². The Morgan fingerprint density at radius 1 is 1.05 bits per heavy atom. The molecular formula is C16H27N3O. The molecule has 2 fully saturated rings. The summed E-state index contributed by atoms with van der Waals surface area (Å²) in [6.45, 7) is 4.64. The molecule has 0 amide bonds. The van der Waals surface area contributed by atoms with Crippen LogP contribution in [-0.2, 0) is 5.54 Å². The van der Waals surface area contributed by atoms with Gasteiger partial charge in [-0.15, -0.1) is 0 Å². The highest BCUT2D eigenvalue weighted by molar-refractivity contribution is 5.09. The lowest BCUT2D eigenvalue weighted by atomic mass is 9.69. The van der Waals surface area contributed by atoms with Gasteiger partial charge in [-0.2, -0.15) is 4.98 Å². The maximum Gasteiger partial charge on any atom is 0.230 e. The van der Waals surface area contributed by atoms with Crippen molar-refractivity contribution >= 4 is 0 Å². The minimum atomic E-state index is -0.348. The van der Waals surface area contributed by atoms with Gasteiger partial charge < -0.3 is 10.3 Å². The third kappa shape index (κ3) is 2.50. The molecule has 2 N–H and O–H groups in total. The van der Waals surface area contributed by atoms with Crippen LogP contribution in [0.4, 0.5) is 0 Å². The third-order valence-electron chi connectivity index (χ3n) is 5.44. The van der Waals surface area contributed by atoms with Crippen LogP contribution >= 0.6 is 0 Å². The summed E-state index contributed by atoms with van der Waals surface area (Å²) in [5, 5.41) is 4.24. The fraction of sp³-hybridized carbons (Fsp3) is 0.875. The van der Waals surface area contributed by atoms with E-state index < -0.39 is 0 Å². The zero-order valence-corrected chi connectivity index (χ0v) is 12.8. The van der Waals surface area contributed by atoms with E-state index in [1.54, 1.807) is 0 Å². The van der Waals surface area contributed by atoms with Crippen molar-refractivity contribution in [2.75, 3.05) is 0 Å². The van der Waals surface area contributed by atoms with E-state index in [0.29, 0.717) is 5.92 Å². The molecule has 2 aliphatic rings. The van der Waals surface area contributed by atoms with Crippen LogP contribution in [0.5, 0.6) is 0 Å². The summed E-state index contributed by atoms with van der Waals surface area (Å²) < 4.78 is 5.62. The Hall–Kier alpha value is -0.900. The fourth-order valence-electron chi connectivity index (χ4n) is 3.94. The molecule has 112 valence electrons. The number of rotatable bonds is 2. The summed E-state index contributed by atoms with van der Waals surface area (Å²) in [7, 11) is 0. The summed E-state index contributed by atoms with van der Waals surface area (Å²) in [4.78, 5) is 4.72. The topological polar surface area (TPSA) is 64.9 Å². The highest BCUT2D eigenvalue weighted by Gasteiger charge is 2.39. The van der Waals surface area contributed by atoms with E-state index in [9.17, 15) is 0 Å². The van der Waals surface area contributed by atoms with E-state index in [0.717, 1.165) is 31.0 Å². The van der Waals surface area contributed by atoms with Crippen LogP contribution in [0.15, 0.2) is 4.52 Å². The SMILES string of the molecule is CC1(C)CCCCC1c1nc(C2(N)CCCCC2)no1. The second-order valence-electron chi connectivity index (χ2n) is 7.46. The molecule has 2 saturated carbocycles. The predicted octanol–water partition coefficient (Wildman–Crippen LogP) is 3.87. The number of aromatic nitrogens is 2. The van der Waals surface area contributed by atoms with Crippen molar-refractivity contribution in [2.24, 2.45) is 11.1 Å². The maximum atomic E-state index is 6.51. The fourth-order valence-corrected chi connectivity index (χ4v) is 3.94. The van der Waals surface area contributed by atoms with E-state index in [-0.39, 0.29) is 11.0 Å². The van der Waals surface area contributed by atoms with Crippen LogP contribution in [0, 0.1) is 5.41 Å². The summed E-state index contributed by atoms with van der Waals surface area (Å²) >= 11 is 0. The Morgan fingerprint density at radius 3 is 2.45 bits per heavy atom. The average Bonchev–Trinajstić information content (AvgIpc) is 2.89. The zero-order valence-electron chi connectivity index (χ0n) is 12.8. The van der Waals surface area contributed by atoms with Gasteiger partial charge in [0.15, 0.2) is 5.82 Å². The maximum absolute atomic E-state index is 6.51. The standard InChI is InChI=1S/C16H27N3O/c1-15(2)9-7-4-8-12(15)13-18-14(19-20-13)16(17)10-5-3-6-11-16/h12H,3-11,17H2,1-2H3. The largest absolute Gasteiger partial charge is 0.339 e. The van der Waals surface area contributed by atoms with Crippen LogP contribution in [0.3, 0.4) is 0 Å². The second-order valence-corrected chi connectivity index (χ2v) is 7.46. The monoisotopic (exact) mass is 277 g/mol. The minimum Gasteiger partial charge on any atom is -0.339 e. The highest BCUT2D eigenvalue weighted by atomic mass is 16.5. The molecule has 1 aromatic rings. The number of hydrogen-bond acceptors (Lipinski definition) is 4. The normalized spacial score (nSPS) is 29.2. The van der Waals surface area contributed by atoms with E-state index >= 15 is 0 Å². The van der Waals surface area contributed by atoms with Crippen molar-refractivity contribution in [1.82, 2.24) is 10.1 Å². The lowest BCUT2D eigenvalue weighted by Crippen LogP contribution is -2.39. The molecule has 1 unspecified atom stereocenters. The third-order valence-corrected chi connectivity index (χ3v) is 5.44. The van der Waals surface area contributed by atoms with E-state index in [1.807, 2.05) is 0 Å². The van der Waals surface area contributed by atoms with Crippen molar-refractivity contribution in [3.63, 3.8) is 0 Å². The predicted molar refractivity (Wildman–Crippen MR) is 78.2 cm³/mol. The molecule has 0 aromatic carbocycles. The van der Waals surface area contributed by atoms with Crippen molar-refractivity contribution in [2.45, 2.75) is 83.1 Å². The van der Waals surface area contributed by atoms with Gasteiger partial charge in [0, 0.05) is 5.92 Å². The van der Waals surface area contributed by atoms with Crippen molar-refractivity contribution in [3.8, 4) is 0 Å². The Bertz CT molecular complexity index is 460. The first kappa shape index (κ1) is 14.1. The molecule has 2 aliphatic carbocycles. The average molecular weight is 277 g/mol. The van der Waals surface area contributed by atoms with Gasteiger partial charge in [0.2, 0.25) is 5.89 Å². The quantitative estimate of drug-likeness (QED) is 0.891. The Balaban J connectivity index is 1.82. The van der Waals surface area contributed by atoms with Gasteiger partial charge in [0.05, 0.1) is 5.54 Å². The van der Waals surface area contributed by atoms with Crippen molar-refractivity contribution < 1.29 is 4.52 Å². The van der Waals surface area contributed by atoms with E-state index in [2.05, 4.69) is 19.0 Å². The number of nitrogens with two attached hydrogens (primary N) is 1. The second kappa shape index (κ2) is 5.14. The van der Waals surface area contributed by atoms with Crippen LogP contribution < -0.4 is 5.73 Å². The van der Waals surface area contributed by atoms with E-state index in [1.165, 1.54) is 38.5 Å². The molecule has 0 bridgehead atoms. The van der Waals surface area contributed by atoms with E-state index in [4.69, 9.17) is 15.2 Å². The molecule has 3 rings (SSSR count). The first-order valence-electron chi connectivity index (χ1n) is 8.14. The Morgan fingerprint density at radius 2 is 1.75 bits per heavy atom. The Labute approximate surface area is 121 Å². The van der Waals surface area contributed by atoms with Gasteiger partial charge in [-0.3, -0.25) is 0 Å². The molecule has 0 saturated heterocycles. The number of hydrogen-bond donors (Lipinski definition) is 1. The molecule has 4 heteroatoms. The van der Waals surface area contributed by atoms with Gasteiger partial charge in [0.25, 0.3) is 0 Å². The molecule has 4 nitrogen and oxygen atoms in total. The smallest absolute Gasteiger partial charge is 0.230 e. The van der Waals surface area contributed by atoms with Crippen LogP contribution in [0.1, 0.15) is 89.3 Å². The van der Waals surface area contributed by atoms with Gasteiger partial charge in [-0.1, -0.05) is 51.1 Å². The summed E-state index contributed by atoms with van der Waals surface area (Å²) in [6, 6.07) is 0. The van der Waals surface area contributed by atoms with Gasteiger partial charge in [-0.25, -0.2) is 0 Å². The van der Waals surface area contributed by atoms with Gasteiger partial charge in [-0.05, 0) is 31.1 Å². The first-order chi connectivity index (χ1) is 9.51. The molecular weight excluding hydrogens is 250 g/mol. The minimum absolute atomic E-state index is 0.260. The van der Waals surface area contributed by atoms with Gasteiger partial charge in [0.1, 0.15) is 0 Å². The molecule has 1 atom stereocenters. The molecule has 1 heterocycles. The molecule has 0 radical (unpaired) electrons. The Kier molecular flexibility index (Phi) is 3.61. The summed E-state index contributed by atoms with van der Waals surface area (Å²) in [5.41, 5.74) is 6.42.